The number of nitrogens with zero attached hydrogens (tertiary/aromatic N) is 1. The number of benzene rings is 1. The Kier molecular flexibility index (Phi) is 1.99. The van der Waals surface area contributed by atoms with Gasteiger partial charge in [-0.25, -0.2) is 0 Å². The smallest absolute Gasteiger partial charge is 0.296 e. The molecular weight excluding hydrogens is 184 g/mol. The summed E-state index contributed by atoms with van der Waals surface area (Å²) in [5, 5.41) is 22.8. The van der Waals surface area contributed by atoms with Crippen molar-refractivity contribution in [2.45, 2.75) is 18.9 Å². The number of hydrogen-bond donors (Lipinski definition) is 2. The Morgan fingerprint density at radius 3 is 2.79 bits per heavy atom. The number of rotatable bonds is 3. The fourth-order valence-corrected chi connectivity index (χ4v) is 1.24. The monoisotopic (exact) mass is 194 g/mol. The molecular formula is C9H10N2O3. The van der Waals surface area contributed by atoms with E-state index < -0.39 is 4.92 Å². The van der Waals surface area contributed by atoms with Crippen molar-refractivity contribution in [3.8, 4) is 5.75 Å². The molecule has 1 aliphatic carbocycles. The molecule has 0 unspecified atom stereocenters. The van der Waals surface area contributed by atoms with Crippen LogP contribution in [0.15, 0.2) is 18.2 Å². The summed E-state index contributed by atoms with van der Waals surface area (Å²) in [6.45, 7) is 0. The molecule has 0 aliphatic heterocycles. The van der Waals surface area contributed by atoms with Gasteiger partial charge in [0.05, 0.1) is 11.0 Å². The van der Waals surface area contributed by atoms with Crippen LogP contribution in [0, 0.1) is 10.1 Å². The summed E-state index contributed by atoms with van der Waals surface area (Å²) < 4.78 is 0. The van der Waals surface area contributed by atoms with Gasteiger partial charge in [0.2, 0.25) is 0 Å². The Balaban J connectivity index is 2.31. The lowest BCUT2D eigenvalue weighted by molar-refractivity contribution is -0.384. The Labute approximate surface area is 80.5 Å². The van der Waals surface area contributed by atoms with Crippen molar-refractivity contribution in [2.75, 3.05) is 5.32 Å². The first-order chi connectivity index (χ1) is 6.66. The summed E-state index contributed by atoms with van der Waals surface area (Å²) in [5.41, 5.74) is 0.409. The number of phenolic OH excluding ortho intramolecular Hbond substituents is 1. The fourth-order valence-electron chi connectivity index (χ4n) is 1.24. The second-order valence-corrected chi connectivity index (χ2v) is 3.38. The molecule has 2 N–H and O–H groups in total. The van der Waals surface area contributed by atoms with Gasteiger partial charge < -0.3 is 10.4 Å². The molecule has 0 saturated heterocycles. The lowest BCUT2D eigenvalue weighted by Crippen LogP contribution is -2.03. The molecule has 14 heavy (non-hydrogen) atoms. The van der Waals surface area contributed by atoms with Crippen LogP contribution in [-0.4, -0.2) is 16.1 Å². The van der Waals surface area contributed by atoms with E-state index in [0.29, 0.717) is 11.7 Å². The molecule has 5 nitrogen and oxygen atoms in total. The first-order valence-electron chi connectivity index (χ1n) is 4.41. The van der Waals surface area contributed by atoms with Crippen LogP contribution < -0.4 is 5.32 Å². The van der Waals surface area contributed by atoms with Crippen molar-refractivity contribution < 1.29 is 10.0 Å². The van der Waals surface area contributed by atoms with Crippen molar-refractivity contribution in [3.63, 3.8) is 0 Å². The molecule has 0 radical (unpaired) electrons. The largest absolute Gasteiger partial charge is 0.508 e. The van der Waals surface area contributed by atoms with Gasteiger partial charge >= 0.3 is 0 Å². The van der Waals surface area contributed by atoms with E-state index >= 15 is 0 Å². The summed E-state index contributed by atoms with van der Waals surface area (Å²) in [7, 11) is 0. The van der Waals surface area contributed by atoms with Crippen LogP contribution in [0.2, 0.25) is 0 Å². The van der Waals surface area contributed by atoms with Crippen LogP contribution in [0.3, 0.4) is 0 Å². The van der Waals surface area contributed by atoms with Crippen LogP contribution in [0.25, 0.3) is 0 Å². The van der Waals surface area contributed by atoms with Crippen LogP contribution in [0.5, 0.6) is 5.75 Å². The molecule has 1 aliphatic rings. The molecule has 0 bridgehead atoms. The second-order valence-electron chi connectivity index (χ2n) is 3.38. The van der Waals surface area contributed by atoms with Crippen molar-refractivity contribution >= 4 is 11.4 Å². The average Bonchev–Trinajstić information content (AvgIpc) is 2.91. The minimum absolute atomic E-state index is 0.0723. The van der Waals surface area contributed by atoms with Crippen molar-refractivity contribution in [1.29, 1.82) is 0 Å². The van der Waals surface area contributed by atoms with E-state index in [9.17, 15) is 10.1 Å². The molecule has 1 aromatic rings. The van der Waals surface area contributed by atoms with E-state index in [0.717, 1.165) is 18.9 Å². The fraction of sp³-hybridized carbons (Fsp3) is 0.333. The first kappa shape index (κ1) is 8.80. The predicted octanol–water partition coefficient (Wildman–Crippen LogP) is 1.87. The average molecular weight is 194 g/mol. The van der Waals surface area contributed by atoms with Gasteiger partial charge in [-0.3, -0.25) is 10.1 Å². The van der Waals surface area contributed by atoms with Gasteiger partial charge in [-0.2, -0.15) is 0 Å². The van der Waals surface area contributed by atoms with Gasteiger partial charge in [0.15, 0.2) is 0 Å². The molecule has 74 valence electrons. The predicted molar refractivity (Wildman–Crippen MR) is 51.4 cm³/mol. The van der Waals surface area contributed by atoms with Gasteiger partial charge in [0.25, 0.3) is 5.69 Å². The third kappa shape index (κ3) is 1.76. The quantitative estimate of drug-likeness (QED) is 0.437. The Hall–Kier alpha value is -1.78. The molecule has 1 saturated carbocycles. The third-order valence-corrected chi connectivity index (χ3v) is 2.11. The Bertz CT molecular complexity index is 374. The zero-order valence-corrected chi connectivity index (χ0v) is 7.43. The highest BCUT2D eigenvalue weighted by Gasteiger charge is 2.24. The molecule has 0 spiro atoms. The van der Waals surface area contributed by atoms with Crippen LogP contribution in [0.4, 0.5) is 11.4 Å². The summed E-state index contributed by atoms with van der Waals surface area (Å²) in [6.07, 6.45) is 2.11. The van der Waals surface area contributed by atoms with Crippen LogP contribution in [0.1, 0.15) is 12.8 Å². The van der Waals surface area contributed by atoms with E-state index in [1.54, 1.807) is 0 Å². The van der Waals surface area contributed by atoms with E-state index in [2.05, 4.69) is 5.32 Å². The zero-order chi connectivity index (χ0) is 10.1. The standard InChI is InChI=1S/C9H10N2O3/c12-7-3-4-8(10-6-1-2-6)9(5-7)11(13)14/h3-6,10,12H,1-2H2. The number of nitrogens with one attached hydrogen (secondary N) is 1. The first-order valence-corrected chi connectivity index (χ1v) is 4.41. The van der Waals surface area contributed by atoms with Crippen molar-refractivity contribution in [3.05, 3.63) is 28.3 Å². The molecule has 0 atom stereocenters. The van der Waals surface area contributed by atoms with E-state index in [1.807, 2.05) is 0 Å². The topological polar surface area (TPSA) is 75.4 Å². The van der Waals surface area contributed by atoms with Crippen molar-refractivity contribution in [1.82, 2.24) is 0 Å². The second kappa shape index (κ2) is 3.17. The number of anilines is 1. The van der Waals surface area contributed by atoms with E-state index in [-0.39, 0.29) is 11.4 Å². The molecule has 0 aromatic heterocycles. The Morgan fingerprint density at radius 1 is 1.50 bits per heavy atom. The number of hydrogen-bond acceptors (Lipinski definition) is 4. The number of aromatic hydroxyl groups is 1. The number of nitro groups is 1. The summed E-state index contributed by atoms with van der Waals surface area (Å²) in [4.78, 5) is 10.1. The summed E-state index contributed by atoms with van der Waals surface area (Å²) >= 11 is 0. The third-order valence-electron chi connectivity index (χ3n) is 2.11. The minimum Gasteiger partial charge on any atom is -0.508 e. The molecule has 0 heterocycles. The van der Waals surface area contributed by atoms with Gasteiger partial charge in [-0.1, -0.05) is 0 Å². The number of nitro benzene ring substituents is 1. The molecule has 2 rings (SSSR count). The SMILES string of the molecule is O=[N+]([O-])c1cc(O)ccc1NC1CC1. The lowest BCUT2D eigenvalue weighted by atomic mass is 10.2. The maximum atomic E-state index is 10.6. The zero-order valence-electron chi connectivity index (χ0n) is 7.43. The van der Waals surface area contributed by atoms with E-state index in [4.69, 9.17) is 5.11 Å². The van der Waals surface area contributed by atoms with Gasteiger partial charge in [-0.05, 0) is 25.0 Å². The number of phenols is 1. The van der Waals surface area contributed by atoms with Gasteiger partial charge in [-0.15, -0.1) is 0 Å². The molecule has 5 heteroatoms. The lowest BCUT2D eigenvalue weighted by Gasteiger charge is -2.04. The highest BCUT2D eigenvalue weighted by molar-refractivity contribution is 5.64. The molecule has 1 aromatic carbocycles. The minimum atomic E-state index is -0.496. The maximum absolute atomic E-state index is 10.6. The van der Waals surface area contributed by atoms with Gasteiger partial charge in [0.1, 0.15) is 11.4 Å². The van der Waals surface area contributed by atoms with Crippen LogP contribution in [-0.2, 0) is 0 Å². The van der Waals surface area contributed by atoms with Crippen molar-refractivity contribution in [2.24, 2.45) is 0 Å². The highest BCUT2D eigenvalue weighted by atomic mass is 16.6. The van der Waals surface area contributed by atoms with Crippen LogP contribution >= 0.6 is 0 Å². The Morgan fingerprint density at radius 2 is 2.21 bits per heavy atom. The normalized spacial score (nSPS) is 15.1. The van der Waals surface area contributed by atoms with Gasteiger partial charge in [0, 0.05) is 6.04 Å². The van der Waals surface area contributed by atoms with E-state index in [1.165, 1.54) is 12.1 Å². The summed E-state index contributed by atoms with van der Waals surface area (Å²) in [5.74, 6) is -0.0851. The molecule has 1 fully saturated rings. The highest BCUT2D eigenvalue weighted by Crippen LogP contribution is 2.32. The maximum Gasteiger partial charge on any atom is 0.296 e. The summed E-state index contributed by atoms with van der Waals surface area (Å²) in [6, 6.07) is 4.49. The molecule has 0 amide bonds.